The van der Waals surface area contributed by atoms with Crippen LogP contribution in [-0.2, 0) is 4.74 Å². The van der Waals surface area contributed by atoms with Crippen molar-refractivity contribution >= 4 is 29.2 Å². The van der Waals surface area contributed by atoms with Crippen molar-refractivity contribution in [1.82, 2.24) is 9.88 Å². The lowest BCUT2D eigenvalue weighted by Gasteiger charge is -2.41. The van der Waals surface area contributed by atoms with Gasteiger partial charge in [0, 0.05) is 31.2 Å². The fraction of sp³-hybridized carbons (Fsp3) is 0.667. The molecule has 3 heterocycles. The van der Waals surface area contributed by atoms with Crippen LogP contribution in [0.15, 0.2) is 12.3 Å². The van der Waals surface area contributed by atoms with Crippen LogP contribution in [0.25, 0.3) is 0 Å². The molecular formula is C18H24ClF3N4O2. The number of ether oxygens (including phenoxy) is 1. The van der Waals surface area contributed by atoms with Crippen molar-refractivity contribution in [2.75, 3.05) is 29.9 Å². The summed E-state index contributed by atoms with van der Waals surface area (Å²) in [5.41, 5.74) is -0.300. The first kappa shape index (κ1) is 21.0. The molecule has 0 unspecified atom stereocenters. The minimum Gasteiger partial charge on any atom is -0.444 e. The molecule has 28 heavy (non-hydrogen) atoms. The van der Waals surface area contributed by atoms with Gasteiger partial charge in [-0.2, -0.15) is 13.2 Å². The molecule has 0 aromatic carbocycles. The Balaban J connectivity index is 1.71. The first-order valence-corrected chi connectivity index (χ1v) is 9.52. The van der Waals surface area contributed by atoms with Crippen molar-refractivity contribution in [2.24, 2.45) is 0 Å². The van der Waals surface area contributed by atoms with Crippen molar-refractivity contribution in [3.05, 3.63) is 17.3 Å². The summed E-state index contributed by atoms with van der Waals surface area (Å²) in [5.74, 6) is 0.569. The van der Waals surface area contributed by atoms with E-state index in [1.54, 1.807) is 31.7 Å². The summed E-state index contributed by atoms with van der Waals surface area (Å²) in [6.07, 6.45) is -1.96. The second-order valence-electron chi connectivity index (χ2n) is 8.23. The smallest absolute Gasteiger partial charge is 0.412 e. The van der Waals surface area contributed by atoms with Gasteiger partial charge in [-0.1, -0.05) is 11.6 Å². The zero-order chi connectivity index (χ0) is 20.7. The summed E-state index contributed by atoms with van der Waals surface area (Å²) in [6.45, 7) is 5.28. The minimum atomic E-state index is -4.20. The molecule has 2 bridgehead atoms. The lowest BCUT2D eigenvalue weighted by atomic mass is 10.2. The van der Waals surface area contributed by atoms with E-state index in [1.807, 2.05) is 4.90 Å². The fourth-order valence-corrected chi connectivity index (χ4v) is 3.90. The van der Waals surface area contributed by atoms with E-state index < -0.39 is 24.4 Å². The van der Waals surface area contributed by atoms with Gasteiger partial charge in [0.1, 0.15) is 11.4 Å². The molecule has 1 aromatic heterocycles. The van der Waals surface area contributed by atoms with Crippen LogP contribution in [0.3, 0.4) is 0 Å². The lowest BCUT2D eigenvalue weighted by molar-refractivity contribution is -0.153. The van der Waals surface area contributed by atoms with Crippen LogP contribution in [0.1, 0.15) is 33.6 Å². The van der Waals surface area contributed by atoms with Crippen LogP contribution in [-0.4, -0.2) is 59.5 Å². The van der Waals surface area contributed by atoms with Gasteiger partial charge in [0.2, 0.25) is 0 Å². The largest absolute Gasteiger partial charge is 0.444 e. The number of halogens is 4. The van der Waals surface area contributed by atoms with E-state index in [-0.39, 0.29) is 17.1 Å². The molecular weight excluding hydrogens is 397 g/mol. The maximum Gasteiger partial charge on any atom is 0.412 e. The van der Waals surface area contributed by atoms with E-state index in [0.717, 1.165) is 12.8 Å². The molecule has 0 radical (unpaired) electrons. The van der Waals surface area contributed by atoms with Gasteiger partial charge in [-0.3, -0.25) is 10.2 Å². The number of amides is 1. The molecule has 3 rings (SSSR count). The van der Waals surface area contributed by atoms with Gasteiger partial charge < -0.3 is 9.64 Å². The van der Waals surface area contributed by atoms with E-state index in [0.29, 0.717) is 24.6 Å². The standard InChI is InChI=1S/C18H24ClF3N4O2/c1-17(2,3)28-16(27)24-14-6-15(23-7-13(14)19)25-8-11-4-5-12(9-25)26(11)10-18(20,21)22/h6-7,11-12H,4-5,8-10H2,1-3H3,(H,23,24,27)/t11-,12+. The van der Waals surface area contributed by atoms with Crippen molar-refractivity contribution in [2.45, 2.75) is 57.5 Å². The third-order valence-corrected chi connectivity index (χ3v) is 5.10. The summed E-state index contributed by atoms with van der Waals surface area (Å²) in [6, 6.07) is 1.30. The van der Waals surface area contributed by atoms with Crippen LogP contribution >= 0.6 is 11.6 Å². The molecule has 1 amide bonds. The number of nitrogens with one attached hydrogen (secondary N) is 1. The van der Waals surface area contributed by atoms with Crippen molar-refractivity contribution in [3.8, 4) is 0 Å². The third-order valence-electron chi connectivity index (χ3n) is 4.80. The van der Waals surface area contributed by atoms with Gasteiger partial charge >= 0.3 is 12.3 Å². The highest BCUT2D eigenvalue weighted by atomic mass is 35.5. The number of alkyl halides is 3. The second-order valence-corrected chi connectivity index (χ2v) is 8.63. The molecule has 2 aliphatic rings. The Morgan fingerprint density at radius 1 is 1.29 bits per heavy atom. The zero-order valence-electron chi connectivity index (χ0n) is 16.0. The Bertz CT molecular complexity index is 725. The normalized spacial score (nSPS) is 23.0. The number of carbonyl (C=O) groups excluding carboxylic acids is 1. The zero-order valence-corrected chi connectivity index (χ0v) is 16.8. The van der Waals surface area contributed by atoms with Crippen LogP contribution in [0.4, 0.5) is 29.5 Å². The SMILES string of the molecule is CC(C)(C)OC(=O)Nc1cc(N2C[C@H]3CC[C@@H](C2)N3CC(F)(F)F)ncc1Cl. The third kappa shape index (κ3) is 5.20. The molecule has 1 aromatic rings. The number of aromatic nitrogens is 1. The summed E-state index contributed by atoms with van der Waals surface area (Å²) < 4.78 is 43.7. The Kier molecular flexibility index (Phi) is 5.69. The van der Waals surface area contributed by atoms with Crippen LogP contribution < -0.4 is 10.2 Å². The molecule has 2 aliphatic heterocycles. The minimum absolute atomic E-state index is 0.167. The van der Waals surface area contributed by atoms with E-state index in [2.05, 4.69) is 10.3 Å². The van der Waals surface area contributed by atoms with Crippen LogP contribution in [0, 0.1) is 0 Å². The summed E-state index contributed by atoms with van der Waals surface area (Å²) >= 11 is 6.13. The highest BCUT2D eigenvalue weighted by Crippen LogP contribution is 2.35. The molecule has 2 atom stereocenters. The maximum atomic E-state index is 12.8. The van der Waals surface area contributed by atoms with Gasteiger partial charge in [-0.15, -0.1) is 0 Å². The summed E-state index contributed by atoms with van der Waals surface area (Å²) in [7, 11) is 0. The average Bonchev–Trinajstić information content (AvgIpc) is 2.76. The van der Waals surface area contributed by atoms with Crippen molar-refractivity contribution in [3.63, 3.8) is 0 Å². The number of pyridine rings is 1. The highest BCUT2D eigenvalue weighted by Gasteiger charge is 2.45. The predicted molar refractivity (Wildman–Crippen MR) is 101 cm³/mol. The molecule has 2 fully saturated rings. The van der Waals surface area contributed by atoms with Crippen LogP contribution in [0.5, 0.6) is 0 Å². The van der Waals surface area contributed by atoms with Gasteiger partial charge in [-0.05, 0) is 33.6 Å². The first-order chi connectivity index (χ1) is 12.9. The average molecular weight is 421 g/mol. The van der Waals surface area contributed by atoms with E-state index in [1.165, 1.54) is 6.20 Å². The van der Waals surface area contributed by atoms with E-state index in [4.69, 9.17) is 16.3 Å². The van der Waals surface area contributed by atoms with Gasteiger partial charge in [0.05, 0.1) is 23.5 Å². The Labute approximate surface area is 167 Å². The Hall–Kier alpha value is -1.74. The number of nitrogens with zero attached hydrogens (tertiary/aromatic N) is 3. The number of hydrogen-bond donors (Lipinski definition) is 1. The molecule has 2 saturated heterocycles. The number of rotatable bonds is 3. The molecule has 1 N–H and O–H groups in total. The van der Waals surface area contributed by atoms with Gasteiger partial charge in [-0.25, -0.2) is 9.78 Å². The number of hydrogen-bond acceptors (Lipinski definition) is 5. The predicted octanol–water partition coefficient (Wildman–Crippen LogP) is 4.30. The molecule has 0 saturated carbocycles. The van der Waals surface area contributed by atoms with Crippen molar-refractivity contribution < 1.29 is 22.7 Å². The van der Waals surface area contributed by atoms with Crippen LogP contribution in [0.2, 0.25) is 5.02 Å². The maximum absolute atomic E-state index is 12.8. The number of carbonyl (C=O) groups is 1. The van der Waals surface area contributed by atoms with E-state index in [9.17, 15) is 18.0 Å². The van der Waals surface area contributed by atoms with Gasteiger partial charge in [0.25, 0.3) is 0 Å². The summed E-state index contributed by atoms with van der Waals surface area (Å²) in [5, 5.41) is 2.86. The molecule has 0 aliphatic carbocycles. The second kappa shape index (κ2) is 7.59. The highest BCUT2D eigenvalue weighted by molar-refractivity contribution is 6.33. The van der Waals surface area contributed by atoms with Crippen molar-refractivity contribution in [1.29, 1.82) is 0 Å². The van der Waals surface area contributed by atoms with Gasteiger partial charge in [0.15, 0.2) is 0 Å². The fourth-order valence-electron chi connectivity index (χ4n) is 3.75. The monoisotopic (exact) mass is 420 g/mol. The molecule has 0 spiro atoms. The quantitative estimate of drug-likeness (QED) is 0.790. The number of piperazine rings is 1. The van der Waals surface area contributed by atoms with E-state index >= 15 is 0 Å². The lowest BCUT2D eigenvalue weighted by Crippen LogP contribution is -2.56. The molecule has 6 nitrogen and oxygen atoms in total. The topological polar surface area (TPSA) is 57.7 Å². The first-order valence-electron chi connectivity index (χ1n) is 9.14. The number of fused-ring (bicyclic) bond motifs is 2. The Morgan fingerprint density at radius 2 is 1.89 bits per heavy atom. The Morgan fingerprint density at radius 3 is 2.43 bits per heavy atom. The molecule has 156 valence electrons. The number of anilines is 2. The summed E-state index contributed by atoms with van der Waals surface area (Å²) in [4.78, 5) is 19.8. The molecule has 10 heteroatoms.